The Hall–Kier alpha value is -1.31. The van der Waals surface area contributed by atoms with Crippen molar-refractivity contribution in [3.63, 3.8) is 0 Å². The van der Waals surface area contributed by atoms with E-state index in [1.54, 1.807) is 14.0 Å². The van der Waals surface area contributed by atoms with Crippen LogP contribution in [0.1, 0.15) is 23.4 Å². The van der Waals surface area contributed by atoms with Crippen LogP contribution in [-0.2, 0) is 10.3 Å². The Morgan fingerprint density at radius 2 is 2.11 bits per heavy atom. The van der Waals surface area contributed by atoms with Gasteiger partial charge in [0.15, 0.2) is 5.82 Å². The second kappa shape index (κ2) is 4.75. The van der Waals surface area contributed by atoms with Gasteiger partial charge in [-0.2, -0.15) is 4.98 Å². The van der Waals surface area contributed by atoms with Crippen LogP contribution >= 0.6 is 11.3 Å². The lowest BCUT2D eigenvalue weighted by molar-refractivity contribution is 0.135. The lowest BCUT2D eigenvalue weighted by atomic mass is 10.1. The predicted molar refractivity (Wildman–Crippen MR) is 68.3 cm³/mol. The summed E-state index contributed by atoms with van der Waals surface area (Å²) < 4.78 is 10.3. The number of nitrogens with two attached hydrogens (primary N) is 1. The van der Waals surface area contributed by atoms with Crippen molar-refractivity contribution < 1.29 is 9.26 Å². The van der Waals surface area contributed by atoms with Crippen molar-refractivity contribution in [1.82, 2.24) is 15.1 Å². The smallest absolute Gasteiger partial charge is 0.269 e. The van der Waals surface area contributed by atoms with Crippen LogP contribution in [0.4, 0.5) is 0 Å². The van der Waals surface area contributed by atoms with Gasteiger partial charge >= 0.3 is 0 Å². The van der Waals surface area contributed by atoms with Gasteiger partial charge in [-0.15, -0.1) is 11.3 Å². The van der Waals surface area contributed by atoms with Gasteiger partial charge < -0.3 is 15.0 Å². The molecule has 6 nitrogen and oxygen atoms in total. The van der Waals surface area contributed by atoms with E-state index < -0.39 is 5.54 Å². The Morgan fingerprint density at radius 3 is 2.67 bits per heavy atom. The van der Waals surface area contributed by atoms with Gasteiger partial charge in [0.2, 0.25) is 0 Å². The summed E-state index contributed by atoms with van der Waals surface area (Å²) in [4.78, 5) is 9.55. The van der Waals surface area contributed by atoms with Crippen LogP contribution in [0.2, 0.25) is 0 Å². The fourth-order valence-corrected chi connectivity index (χ4v) is 2.48. The molecule has 2 aromatic heterocycles. The molecule has 98 valence electrons. The fraction of sp³-hybridized carbons (Fsp3) is 0.545. The Labute approximate surface area is 109 Å². The predicted octanol–water partition coefficient (Wildman–Crippen LogP) is 1.63. The topological polar surface area (TPSA) is 87.1 Å². The van der Waals surface area contributed by atoms with Crippen molar-refractivity contribution in [2.75, 3.05) is 13.7 Å². The number of nitrogens with zero attached hydrogens (tertiary/aromatic N) is 3. The molecule has 0 aliphatic carbocycles. The average Bonchev–Trinajstić information content (AvgIpc) is 2.85. The van der Waals surface area contributed by atoms with E-state index >= 15 is 0 Å². The zero-order valence-electron chi connectivity index (χ0n) is 10.9. The molecule has 0 fully saturated rings. The number of aromatic nitrogens is 3. The van der Waals surface area contributed by atoms with Crippen LogP contribution < -0.4 is 5.73 Å². The van der Waals surface area contributed by atoms with Crippen LogP contribution in [0.5, 0.6) is 0 Å². The first-order valence-corrected chi connectivity index (χ1v) is 6.32. The summed E-state index contributed by atoms with van der Waals surface area (Å²) >= 11 is 1.53. The summed E-state index contributed by atoms with van der Waals surface area (Å²) in [5.74, 6) is 0.894. The van der Waals surface area contributed by atoms with Crippen LogP contribution in [0.25, 0.3) is 10.8 Å². The van der Waals surface area contributed by atoms with E-state index in [9.17, 15) is 0 Å². The molecule has 0 spiro atoms. The Balaban J connectivity index is 2.34. The Morgan fingerprint density at radius 1 is 1.39 bits per heavy atom. The molecule has 18 heavy (non-hydrogen) atoms. The summed E-state index contributed by atoms with van der Waals surface area (Å²) in [6.45, 7) is 5.98. The second-order valence-corrected chi connectivity index (χ2v) is 5.62. The van der Waals surface area contributed by atoms with Gasteiger partial charge in [-0.3, -0.25) is 0 Å². The molecule has 0 aromatic carbocycles. The van der Waals surface area contributed by atoms with Crippen molar-refractivity contribution in [2.45, 2.75) is 26.3 Å². The zero-order valence-corrected chi connectivity index (χ0v) is 11.7. The molecule has 0 amide bonds. The highest BCUT2D eigenvalue weighted by Crippen LogP contribution is 2.29. The third kappa shape index (κ3) is 2.43. The van der Waals surface area contributed by atoms with E-state index in [4.69, 9.17) is 15.0 Å². The molecule has 0 aliphatic rings. The van der Waals surface area contributed by atoms with Crippen LogP contribution in [0.3, 0.4) is 0 Å². The quantitative estimate of drug-likeness (QED) is 0.906. The van der Waals surface area contributed by atoms with E-state index in [0.29, 0.717) is 18.3 Å². The second-order valence-electron chi connectivity index (χ2n) is 4.42. The summed E-state index contributed by atoms with van der Waals surface area (Å²) in [5.41, 5.74) is 6.19. The SMILES string of the molecule is COCC(C)(N)c1noc(-c2sc(C)nc2C)n1. The maximum absolute atomic E-state index is 6.06. The summed E-state index contributed by atoms with van der Waals surface area (Å²) in [6.07, 6.45) is 0. The van der Waals surface area contributed by atoms with E-state index in [-0.39, 0.29) is 0 Å². The highest BCUT2D eigenvalue weighted by molar-refractivity contribution is 7.15. The molecule has 2 aromatic rings. The van der Waals surface area contributed by atoms with E-state index in [2.05, 4.69) is 15.1 Å². The van der Waals surface area contributed by atoms with Crippen LogP contribution in [-0.4, -0.2) is 28.8 Å². The average molecular weight is 268 g/mol. The largest absolute Gasteiger partial charge is 0.382 e. The molecular formula is C11H16N4O2S. The Bertz CT molecular complexity index is 547. The molecule has 7 heteroatoms. The van der Waals surface area contributed by atoms with Gasteiger partial charge in [-0.1, -0.05) is 5.16 Å². The first kappa shape index (κ1) is 13.1. The minimum absolute atomic E-state index is 0.326. The number of hydrogen-bond acceptors (Lipinski definition) is 7. The van der Waals surface area contributed by atoms with Gasteiger partial charge in [-0.25, -0.2) is 4.98 Å². The standard InChI is InChI=1S/C11H16N4O2S/c1-6-8(18-7(2)13-6)9-14-10(15-17-9)11(3,12)5-16-4/h5,12H2,1-4H3. The lowest BCUT2D eigenvalue weighted by Gasteiger charge is -2.18. The fourth-order valence-electron chi connectivity index (χ4n) is 1.64. The molecule has 0 aliphatic heterocycles. The lowest BCUT2D eigenvalue weighted by Crippen LogP contribution is -2.38. The minimum atomic E-state index is -0.760. The van der Waals surface area contributed by atoms with Gasteiger partial charge in [0, 0.05) is 7.11 Å². The van der Waals surface area contributed by atoms with Crippen molar-refractivity contribution >= 4 is 11.3 Å². The minimum Gasteiger partial charge on any atom is -0.382 e. The van der Waals surface area contributed by atoms with Crippen molar-refractivity contribution in [2.24, 2.45) is 5.73 Å². The van der Waals surface area contributed by atoms with Crippen LogP contribution in [0, 0.1) is 13.8 Å². The van der Waals surface area contributed by atoms with Crippen molar-refractivity contribution in [1.29, 1.82) is 0 Å². The zero-order chi connectivity index (χ0) is 13.3. The molecule has 0 saturated heterocycles. The maximum Gasteiger partial charge on any atom is 0.269 e. The molecule has 2 rings (SSSR count). The molecule has 2 N–H and O–H groups in total. The summed E-state index contributed by atoms with van der Waals surface area (Å²) in [5, 5.41) is 4.89. The third-order valence-electron chi connectivity index (χ3n) is 2.48. The highest BCUT2D eigenvalue weighted by Gasteiger charge is 2.28. The number of ether oxygens (including phenoxy) is 1. The van der Waals surface area contributed by atoms with Gasteiger partial charge in [0.05, 0.1) is 17.3 Å². The monoisotopic (exact) mass is 268 g/mol. The van der Waals surface area contributed by atoms with E-state index in [0.717, 1.165) is 15.6 Å². The highest BCUT2D eigenvalue weighted by atomic mass is 32.1. The van der Waals surface area contributed by atoms with Gasteiger partial charge in [-0.05, 0) is 20.8 Å². The van der Waals surface area contributed by atoms with Gasteiger partial charge in [0.25, 0.3) is 5.89 Å². The van der Waals surface area contributed by atoms with Crippen LogP contribution in [0.15, 0.2) is 4.52 Å². The normalized spacial score (nSPS) is 14.7. The number of thiazole rings is 1. The maximum atomic E-state index is 6.06. The molecule has 0 bridgehead atoms. The third-order valence-corrected chi connectivity index (χ3v) is 3.54. The first-order chi connectivity index (χ1) is 8.44. The molecule has 1 unspecified atom stereocenters. The number of aryl methyl sites for hydroxylation is 2. The molecule has 1 atom stereocenters. The van der Waals surface area contributed by atoms with Crippen molar-refractivity contribution in [3.8, 4) is 10.8 Å². The molecular weight excluding hydrogens is 252 g/mol. The molecule has 0 radical (unpaired) electrons. The first-order valence-electron chi connectivity index (χ1n) is 5.50. The molecule has 2 heterocycles. The van der Waals surface area contributed by atoms with E-state index in [1.807, 2.05) is 13.8 Å². The van der Waals surface area contributed by atoms with Crippen molar-refractivity contribution in [3.05, 3.63) is 16.5 Å². The number of rotatable bonds is 4. The summed E-state index contributed by atoms with van der Waals surface area (Å²) in [7, 11) is 1.59. The van der Waals surface area contributed by atoms with Gasteiger partial charge in [0.1, 0.15) is 10.4 Å². The number of methoxy groups -OCH3 is 1. The summed E-state index contributed by atoms with van der Waals surface area (Å²) in [6, 6.07) is 0. The van der Waals surface area contributed by atoms with E-state index in [1.165, 1.54) is 11.3 Å². The Kier molecular flexibility index (Phi) is 3.47. The number of hydrogen-bond donors (Lipinski definition) is 1. The molecule has 0 saturated carbocycles.